The number of methoxy groups -OCH3 is 3. The van der Waals surface area contributed by atoms with Crippen molar-refractivity contribution in [3.8, 4) is 11.5 Å². The highest BCUT2D eigenvalue weighted by Crippen LogP contribution is 2.45. The molecule has 1 aromatic rings. The number of ether oxygens (including phenoxy) is 3. The first-order chi connectivity index (χ1) is 9.68. The van der Waals surface area contributed by atoms with Crippen LogP contribution in [-0.4, -0.2) is 26.9 Å². The third kappa shape index (κ3) is 2.63. The second-order valence-corrected chi connectivity index (χ2v) is 5.38. The van der Waals surface area contributed by atoms with E-state index in [2.05, 4.69) is 0 Å². The van der Waals surface area contributed by atoms with Crippen molar-refractivity contribution in [3.05, 3.63) is 23.8 Å². The fourth-order valence-corrected chi connectivity index (χ4v) is 3.24. The first-order valence-corrected chi connectivity index (χ1v) is 7.20. The van der Waals surface area contributed by atoms with Crippen LogP contribution in [0, 0.1) is 0 Å². The molecular weight excluding hydrogens is 254 g/mol. The van der Waals surface area contributed by atoms with Crippen molar-refractivity contribution in [2.75, 3.05) is 21.3 Å². The van der Waals surface area contributed by atoms with Gasteiger partial charge in [0, 0.05) is 7.11 Å². The lowest BCUT2D eigenvalue weighted by Crippen LogP contribution is -2.44. The normalized spacial score (nSPS) is 19.4. The quantitative estimate of drug-likeness (QED) is 0.900. The van der Waals surface area contributed by atoms with E-state index in [4.69, 9.17) is 19.9 Å². The lowest BCUT2D eigenvalue weighted by Gasteiger charge is -2.41. The van der Waals surface area contributed by atoms with E-state index >= 15 is 0 Å². The first-order valence-electron chi connectivity index (χ1n) is 7.20. The fraction of sp³-hybridized carbons (Fsp3) is 0.625. The van der Waals surface area contributed by atoms with Gasteiger partial charge in [-0.2, -0.15) is 0 Å². The minimum absolute atomic E-state index is 0.251. The molecule has 0 radical (unpaired) electrons. The molecule has 20 heavy (non-hydrogen) atoms. The maximum Gasteiger partial charge on any atom is 0.127 e. The van der Waals surface area contributed by atoms with Crippen molar-refractivity contribution in [2.24, 2.45) is 5.73 Å². The summed E-state index contributed by atoms with van der Waals surface area (Å²) < 4.78 is 16.8. The van der Waals surface area contributed by atoms with Gasteiger partial charge in [-0.3, -0.25) is 0 Å². The third-order valence-corrected chi connectivity index (χ3v) is 4.45. The van der Waals surface area contributed by atoms with E-state index in [-0.39, 0.29) is 11.6 Å². The summed E-state index contributed by atoms with van der Waals surface area (Å²) in [4.78, 5) is 0. The summed E-state index contributed by atoms with van der Waals surface area (Å²) in [5.41, 5.74) is 7.17. The van der Waals surface area contributed by atoms with Gasteiger partial charge in [0.25, 0.3) is 0 Å². The Kier molecular flexibility index (Phi) is 4.89. The Morgan fingerprint density at radius 1 is 1.00 bits per heavy atom. The maximum atomic E-state index is 6.58. The number of hydrogen-bond acceptors (Lipinski definition) is 4. The Hall–Kier alpha value is -1.26. The summed E-state index contributed by atoms with van der Waals surface area (Å²) in [7, 11) is 5.07. The van der Waals surface area contributed by atoms with E-state index < -0.39 is 0 Å². The second kappa shape index (κ2) is 6.46. The van der Waals surface area contributed by atoms with E-state index in [9.17, 15) is 0 Å². The molecule has 4 nitrogen and oxygen atoms in total. The topological polar surface area (TPSA) is 53.7 Å². The van der Waals surface area contributed by atoms with Crippen molar-refractivity contribution in [2.45, 2.75) is 43.7 Å². The van der Waals surface area contributed by atoms with Gasteiger partial charge in [-0.25, -0.2) is 0 Å². The largest absolute Gasteiger partial charge is 0.496 e. The molecule has 0 spiro atoms. The van der Waals surface area contributed by atoms with Crippen LogP contribution in [0.3, 0.4) is 0 Å². The Morgan fingerprint density at radius 2 is 1.55 bits per heavy atom. The molecule has 0 aromatic heterocycles. The minimum Gasteiger partial charge on any atom is -0.496 e. The van der Waals surface area contributed by atoms with Crippen molar-refractivity contribution < 1.29 is 14.2 Å². The molecule has 2 N–H and O–H groups in total. The van der Waals surface area contributed by atoms with Crippen molar-refractivity contribution in [1.29, 1.82) is 0 Å². The molecule has 2 rings (SSSR count). The predicted molar refractivity (Wildman–Crippen MR) is 79.3 cm³/mol. The number of rotatable bonds is 5. The van der Waals surface area contributed by atoms with Gasteiger partial charge >= 0.3 is 0 Å². The highest BCUT2D eigenvalue weighted by Gasteiger charge is 2.41. The van der Waals surface area contributed by atoms with Gasteiger partial charge in [0.15, 0.2) is 0 Å². The molecule has 1 fully saturated rings. The summed E-state index contributed by atoms with van der Waals surface area (Å²) >= 11 is 0. The van der Waals surface area contributed by atoms with Crippen LogP contribution in [0.15, 0.2) is 18.2 Å². The zero-order valence-electron chi connectivity index (χ0n) is 12.6. The van der Waals surface area contributed by atoms with Gasteiger partial charge in [-0.05, 0) is 25.0 Å². The van der Waals surface area contributed by atoms with E-state index in [0.29, 0.717) is 0 Å². The second-order valence-electron chi connectivity index (χ2n) is 5.38. The minimum atomic E-state index is -0.319. The molecule has 1 aromatic carbocycles. The number of nitrogens with two attached hydrogens (primary N) is 1. The summed E-state index contributed by atoms with van der Waals surface area (Å²) in [6.07, 6.45) is 5.51. The van der Waals surface area contributed by atoms with Crippen molar-refractivity contribution >= 4 is 0 Å². The van der Waals surface area contributed by atoms with Crippen LogP contribution in [0.5, 0.6) is 11.5 Å². The number of hydrogen-bond donors (Lipinski definition) is 1. The summed E-state index contributed by atoms with van der Waals surface area (Å²) in [5.74, 6) is 1.53. The molecule has 1 atom stereocenters. The van der Waals surface area contributed by atoms with Crippen molar-refractivity contribution in [3.63, 3.8) is 0 Å². The SMILES string of the molecule is COc1cccc(OC)c1C(N)C1(OC)CCCCC1. The third-order valence-electron chi connectivity index (χ3n) is 4.45. The highest BCUT2D eigenvalue weighted by molar-refractivity contribution is 5.48. The monoisotopic (exact) mass is 279 g/mol. The molecule has 4 heteroatoms. The van der Waals surface area contributed by atoms with Gasteiger partial charge in [0.1, 0.15) is 11.5 Å². The molecule has 0 amide bonds. The molecule has 0 heterocycles. The van der Waals surface area contributed by atoms with Gasteiger partial charge in [0.05, 0.1) is 31.4 Å². The average molecular weight is 279 g/mol. The maximum absolute atomic E-state index is 6.58. The molecule has 1 aliphatic rings. The molecule has 112 valence electrons. The van der Waals surface area contributed by atoms with Crippen LogP contribution in [0.25, 0.3) is 0 Å². The molecule has 1 saturated carbocycles. The van der Waals surface area contributed by atoms with Crippen LogP contribution in [0.2, 0.25) is 0 Å². The van der Waals surface area contributed by atoms with Crippen LogP contribution in [0.4, 0.5) is 0 Å². The van der Waals surface area contributed by atoms with Gasteiger partial charge in [-0.15, -0.1) is 0 Å². The van der Waals surface area contributed by atoms with Gasteiger partial charge < -0.3 is 19.9 Å². The van der Waals surface area contributed by atoms with Crippen LogP contribution < -0.4 is 15.2 Å². The smallest absolute Gasteiger partial charge is 0.127 e. The Bertz CT molecular complexity index is 419. The average Bonchev–Trinajstić information content (AvgIpc) is 2.53. The molecule has 0 aliphatic heterocycles. The summed E-state index contributed by atoms with van der Waals surface area (Å²) in [6.45, 7) is 0. The van der Waals surface area contributed by atoms with E-state index in [1.807, 2.05) is 18.2 Å². The molecule has 0 bridgehead atoms. The van der Waals surface area contributed by atoms with Crippen LogP contribution in [0.1, 0.15) is 43.7 Å². The lowest BCUT2D eigenvalue weighted by molar-refractivity contribution is -0.0603. The van der Waals surface area contributed by atoms with E-state index in [1.54, 1.807) is 21.3 Å². The first kappa shape index (κ1) is 15.1. The fourth-order valence-electron chi connectivity index (χ4n) is 3.24. The molecule has 1 aliphatic carbocycles. The van der Waals surface area contributed by atoms with Crippen LogP contribution >= 0.6 is 0 Å². The van der Waals surface area contributed by atoms with Crippen molar-refractivity contribution in [1.82, 2.24) is 0 Å². The molecule has 0 saturated heterocycles. The number of benzene rings is 1. The zero-order valence-corrected chi connectivity index (χ0v) is 12.6. The van der Waals surface area contributed by atoms with E-state index in [0.717, 1.165) is 42.7 Å². The Balaban J connectivity index is 2.43. The van der Waals surface area contributed by atoms with E-state index in [1.165, 1.54) is 6.42 Å². The standard InChI is InChI=1S/C16H25NO3/c1-18-12-8-7-9-13(19-2)14(12)15(17)16(20-3)10-5-4-6-11-16/h7-9,15H,4-6,10-11,17H2,1-3H3. The van der Waals surface area contributed by atoms with Gasteiger partial charge in [-0.1, -0.05) is 25.3 Å². The summed E-state index contributed by atoms with van der Waals surface area (Å²) in [5, 5.41) is 0. The van der Waals surface area contributed by atoms with Gasteiger partial charge in [0.2, 0.25) is 0 Å². The highest BCUT2D eigenvalue weighted by atomic mass is 16.5. The predicted octanol–water partition coefficient (Wildman–Crippen LogP) is 3.05. The summed E-state index contributed by atoms with van der Waals surface area (Å²) in [6, 6.07) is 5.50. The van der Waals surface area contributed by atoms with Crippen LogP contribution in [-0.2, 0) is 4.74 Å². The molecular formula is C16H25NO3. The lowest BCUT2D eigenvalue weighted by atomic mass is 9.76. The Labute approximate surface area is 121 Å². The Morgan fingerprint density at radius 3 is 2.00 bits per heavy atom. The molecule has 1 unspecified atom stereocenters. The zero-order chi connectivity index (χ0) is 14.6.